The van der Waals surface area contributed by atoms with Crippen LogP contribution in [-0.2, 0) is 21.3 Å². The third kappa shape index (κ3) is 7.43. The minimum absolute atomic E-state index is 0.114. The summed E-state index contributed by atoms with van der Waals surface area (Å²) in [6, 6.07) is 24.0. The van der Waals surface area contributed by atoms with Crippen molar-refractivity contribution in [1.82, 2.24) is 9.29 Å². The van der Waals surface area contributed by atoms with Crippen LogP contribution in [0.5, 0.6) is 0 Å². The third-order valence-electron chi connectivity index (χ3n) is 5.72. The molecule has 11 heteroatoms. The average Bonchev–Trinajstić information content (AvgIpc) is 2.92. The summed E-state index contributed by atoms with van der Waals surface area (Å²) >= 11 is 12.2. The van der Waals surface area contributed by atoms with E-state index in [0.29, 0.717) is 20.0 Å². The molecule has 0 saturated carbocycles. The van der Waals surface area contributed by atoms with Crippen LogP contribution in [0.1, 0.15) is 26.5 Å². The molecular weight excluding hydrogens is 583 g/mol. The Morgan fingerprint density at radius 3 is 1.98 bits per heavy atom. The summed E-state index contributed by atoms with van der Waals surface area (Å²) in [5.41, 5.74) is 9.10. The lowest BCUT2D eigenvalue weighted by Gasteiger charge is -2.26. The molecule has 4 rings (SSSR count). The number of halogens is 2. The molecule has 4 aromatic rings. The highest BCUT2D eigenvalue weighted by atomic mass is 35.5. The number of ether oxygens (including phenoxy) is 1. The third-order valence-corrected chi connectivity index (χ3v) is 7.91. The first-order valence-corrected chi connectivity index (χ1v) is 14.7. The number of carbonyl (C=O) groups excluding carboxylic acids is 1. The fraction of sp³-hybridized carbons (Fsp3) is 0.167. The molecule has 1 aromatic heterocycles. The Bertz CT molecular complexity index is 1670. The van der Waals surface area contributed by atoms with Crippen molar-refractivity contribution in [2.45, 2.75) is 37.8 Å². The molecule has 0 aliphatic carbocycles. The van der Waals surface area contributed by atoms with E-state index in [9.17, 15) is 13.2 Å². The maximum Gasteiger partial charge on any atom is 0.431 e. The quantitative estimate of drug-likeness (QED) is 0.183. The second-order valence-corrected chi connectivity index (χ2v) is 12.6. The number of nitrogens with two attached hydrogens (primary N) is 1. The number of guanidine groups is 1. The Balaban J connectivity index is 1.74. The van der Waals surface area contributed by atoms with Gasteiger partial charge in [0.25, 0.3) is 10.0 Å². The number of carbonyl (C=O) groups is 1. The molecule has 1 amide bonds. The van der Waals surface area contributed by atoms with Crippen LogP contribution in [-0.4, -0.2) is 35.4 Å². The van der Waals surface area contributed by atoms with Gasteiger partial charge in [-0.2, -0.15) is 0 Å². The van der Waals surface area contributed by atoms with Gasteiger partial charge in [0.05, 0.1) is 17.1 Å². The highest BCUT2D eigenvalue weighted by molar-refractivity contribution is 7.90. The van der Waals surface area contributed by atoms with Crippen molar-refractivity contribution in [3.05, 3.63) is 107 Å². The van der Waals surface area contributed by atoms with E-state index in [0.717, 1.165) is 22.3 Å². The number of rotatable bonds is 6. The first-order chi connectivity index (χ1) is 19.3. The molecule has 0 fully saturated rings. The van der Waals surface area contributed by atoms with E-state index in [1.807, 2.05) is 30.3 Å². The maximum atomic E-state index is 13.4. The number of hydrogen-bond acceptors (Lipinski definition) is 6. The van der Waals surface area contributed by atoms with Gasteiger partial charge < -0.3 is 10.5 Å². The minimum atomic E-state index is -4.42. The van der Waals surface area contributed by atoms with Crippen molar-refractivity contribution in [2.75, 3.05) is 0 Å². The number of aliphatic imine (C=N–C) groups is 1. The molecule has 0 aliphatic heterocycles. The minimum Gasteiger partial charge on any atom is -0.443 e. The lowest BCUT2D eigenvalue weighted by atomic mass is 9.95. The first-order valence-electron chi connectivity index (χ1n) is 12.5. The summed E-state index contributed by atoms with van der Waals surface area (Å²) in [6.07, 6.45) is 0.524. The van der Waals surface area contributed by atoms with Gasteiger partial charge in [-0.25, -0.2) is 18.2 Å². The first kappa shape index (κ1) is 30.0. The SMILES string of the molecule is CC(C)(C)OC(=O)N(C(N)=NCc1cc(-c2ccc(Cl)cc2)c(-c2ccc(Cl)cc2)cn1)S(=O)(=O)c1ccccc1. The van der Waals surface area contributed by atoms with Crippen molar-refractivity contribution in [2.24, 2.45) is 10.7 Å². The van der Waals surface area contributed by atoms with Gasteiger partial charge in [0.2, 0.25) is 5.96 Å². The Morgan fingerprint density at radius 1 is 0.902 bits per heavy atom. The summed E-state index contributed by atoms with van der Waals surface area (Å²) in [4.78, 5) is 21.7. The zero-order valence-electron chi connectivity index (χ0n) is 22.6. The zero-order valence-corrected chi connectivity index (χ0v) is 24.9. The number of pyridine rings is 1. The van der Waals surface area contributed by atoms with Crippen LogP contribution in [0.2, 0.25) is 10.0 Å². The number of benzene rings is 3. The second kappa shape index (κ2) is 12.3. The Labute approximate surface area is 249 Å². The molecule has 1 heterocycles. The maximum absolute atomic E-state index is 13.4. The zero-order chi connectivity index (χ0) is 29.8. The predicted octanol–water partition coefficient (Wildman–Crippen LogP) is 7.16. The molecular formula is C30H28Cl2N4O4S. The molecule has 0 unspecified atom stereocenters. The van der Waals surface area contributed by atoms with E-state index in [1.54, 1.807) is 57.3 Å². The normalized spacial score (nSPS) is 12.2. The standard InChI is InChI=1S/C30H28Cl2N4O4S/c1-30(2,3)40-29(37)36(41(38,39)25-7-5-4-6-8-25)28(33)35-18-24-17-26(20-9-13-22(31)14-10-20)27(19-34-24)21-11-15-23(32)16-12-21/h4-17,19H,18H2,1-3H3,(H2,33,35). The topological polar surface area (TPSA) is 115 Å². The van der Waals surface area contributed by atoms with Crippen molar-refractivity contribution >= 4 is 45.3 Å². The Kier molecular flexibility index (Phi) is 9.01. The molecule has 0 aliphatic rings. The van der Waals surface area contributed by atoms with Gasteiger partial charge in [0, 0.05) is 21.8 Å². The molecule has 0 spiro atoms. The van der Waals surface area contributed by atoms with Gasteiger partial charge >= 0.3 is 6.09 Å². The van der Waals surface area contributed by atoms with Crippen LogP contribution in [0, 0.1) is 0 Å². The van der Waals surface area contributed by atoms with E-state index in [1.165, 1.54) is 24.3 Å². The van der Waals surface area contributed by atoms with E-state index in [-0.39, 0.29) is 11.4 Å². The van der Waals surface area contributed by atoms with Crippen molar-refractivity contribution in [1.29, 1.82) is 0 Å². The van der Waals surface area contributed by atoms with Crippen LogP contribution >= 0.6 is 23.2 Å². The Hall–Kier alpha value is -3.92. The van der Waals surface area contributed by atoms with E-state index < -0.39 is 27.7 Å². The molecule has 0 saturated heterocycles. The van der Waals surface area contributed by atoms with Crippen LogP contribution in [0.4, 0.5) is 4.79 Å². The van der Waals surface area contributed by atoms with E-state index >= 15 is 0 Å². The van der Waals surface area contributed by atoms with E-state index in [4.69, 9.17) is 33.7 Å². The lowest BCUT2D eigenvalue weighted by Crippen LogP contribution is -2.48. The van der Waals surface area contributed by atoms with Crippen molar-refractivity contribution in [3.63, 3.8) is 0 Å². The van der Waals surface area contributed by atoms with E-state index in [2.05, 4.69) is 9.98 Å². The van der Waals surface area contributed by atoms with Gasteiger partial charge in [-0.15, -0.1) is 4.31 Å². The highest BCUT2D eigenvalue weighted by Crippen LogP contribution is 2.33. The fourth-order valence-corrected chi connectivity index (χ4v) is 5.36. The largest absolute Gasteiger partial charge is 0.443 e. The lowest BCUT2D eigenvalue weighted by molar-refractivity contribution is 0.0463. The van der Waals surface area contributed by atoms with Crippen LogP contribution in [0.25, 0.3) is 22.3 Å². The van der Waals surface area contributed by atoms with Gasteiger partial charge in [0.15, 0.2) is 0 Å². The van der Waals surface area contributed by atoms with Crippen molar-refractivity contribution in [3.8, 4) is 22.3 Å². The smallest absolute Gasteiger partial charge is 0.431 e. The summed E-state index contributed by atoms with van der Waals surface area (Å²) in [6.45, 7) is 4.75. The number of amides is 1. The molecule has 8 nitrogen and oxygen atoms in total. The molecule has 0 bridgehead atoms. The molecule has 41 heavy (non-hydrogen) atoms. The summed E-state index contributed by atoms with van der Waals surface area (Å²) in [5, 5.41) is 1.20. The molecule has 0 atom stereocenters. The van der Waals surface area contributed by atoms with Crippen LogP contribution in [0.15, 0.2) is 101 Å². The monoisotopic (exact) mass is 610 g/mol. The number of sulfonamides is 1. The van der Waals surface area contributed by atoms with Gasteiger partial charge in [-0.3, -0.25) is 4.98 Å². The van der Waals surface area contributed by atoms with Gasteiger partial charge in [-0.05, 0) is 79.9 Å². The summed E-state index contributed by atoms with van der Waals surface area (Å²) in [5.74, 6) is -0.556. The highest BCUT2D eigenvalue weighted by Gasteiger charge is 2.36. The molecule has 0 radical (unpaired) electrons. The van der Waals surface area contributed by atoms with Crippen LogP contribution in [0.3, 0.4) is 0 Å². The number of hydrogen-bond donors (Lipinski definition) is 1. The predicted molar refractivity (Wildman–Crippen MR) is 162 cm³/mol. The summed E-state index contributed by atoms with van der Waals surface area (Å²) in [7, 11) is -4.42. The fourth-order valence-electron chi connectivity index (χ4n) is 3.86. The average molecular weight is 612 g/mol. The molecule has 2 N–H and O–H groups in total. The summed E-state index contributed by atoms with van der Waals surface area (Å²) < 4.78 is 32.6. The van der Waals surface area contributed by atoms with Gasteiger partial charge in [0.1, 0.15) is 5.60 Å². The molecule has 3 aromatic carbocycles. The number of nitrogens with zero attached hydrogens (tertiary/aromatic N) is 3. The number of aromatic nitrogens is 1. The second-order valence-electron chi connectivity index (χ2n) is 9.97. The van der Waals surface area contributed by atoms with Crippen molar-refractivity contribution < 1.29 is 17.9 Å². The Morgan fingerprint density at radius 2 is 1.44 bits per heavy atom. The van der Waals surface area contributed by atoms with Gasteiger partial charge in [-0.1, -0.05) is 65.7 Å². The molecule has 212 valence electrons. The van der Waals surface area contributed by atoms with Crippen LogP contribution < -0.4 is 5.73 Å².